The van der Waals surface area contributed by atoms with Crippen LogP contribution in [0.5, 0.6) is 0 Å². The van der Waals surface area contributed by atoms with Crippen LogP contribution < -0.4 is 0 Å². The number of aromatic nitrogens is 2. The second kappa shape index (κ2) is 8.77. The quantitative estimate of drug-likeness (QED) is 0.326. The number of carbonyl (C=O) groups excluding carboxylic acids is 2. The van der Waals surface area contributed by atoms with E-state index in [1.165, 1.54) is 7.11 Å². The first-order chi connectivity index (χ1) is 13.6. The van der Waals surface area contributed by atoms with Crippen LogP contribution in [-0.4, -0.2) is 60.6 Å². The molecule has 1 amide bonds. The summed E-state index contributed by atoms with van der Waals surface area (Å²) in [7, 11) is -0.708. The number of nitrogens with one attached hydrogen (secondary N) is 1. The van der Waals surface area contributed by atoms with Gasteiger partial charge in [-0.3, -0.25) is 4.90 Å². The maximum atomic E-state index is 13.0. The summed E-state index contributed by atoms with van der Waals surface area (Å²) >= 11 is 2.01. The Kier molecular flexibility index (Phi) is 7.35. The second-order valence-electron chi connectivity index (χ2n) is 10.2. The molecule has 1 aliphatic rings. The molecule has 2 heterocycles. The van der Waals surface area contributed by atoms with E-state index < -0.39 is 26.0 Å². The van der Waals surface area contributed by atoms with Gasteiger partial charge in [-0.1, -0.05) is 20.8 Å². The molecule has 0 bridgehead atoms. The third-order valence-electron chi connectivity index (χ3n) is 5.53. The van der Waals surface area contributed by atoms with E-state index in [9.17, 15) is 9.59 Å². The summed E-state index contributed by atoms with van der Waals surface area (Å²) in [6.07, 6.45) is 0.0308. The van der Waals surface area contributed by atoms with Crippen molar-refractivity contribution in [2.45, 2.75) is 83.8 Å². The van der Waals surface area contributed by atoms with Crippen LogP contribution in [0.25, 0.3) is 0 Å². The number of esters is 1. The van der Waals surface area contributed by atoms with Gasteiger partial charge in [-0.2, -0.15) is 0 Å². The van der Waals surface area contributed by atoms with E-state index in [0.717, 1.165) is 0 Å². The molecule has 1 N–H and O–H groups in total. The molecule has 10 heteroatoms. The van der Waals surface area contributed by atoms with Crippen LogP contribution in [0.3, 0.4) is 0 Å². The van der Waals surface area contributed by atoms with Crippen LogP contribution in [0.1, 0.15) is 70.3 Å². The number of ether oxygens (including phenoxy) is 2. The van der Waals surface area contributed by atoms with Gasteiger partial charge >= 0.3 is 12.1 Å². The van der Waals surface area contributed by atoms with Gasteiger partial charge in [0, 0.05) is 13.0 Å². The van der Waals surface area contributed by atoms with Crippen LogP contribution in [0.4, 0.5) is 4.79 Å². The second-order valence-corrected chi connectivity index (χ2v) is 16.0. The number of hydrogen-bond donors (Lipinski definition) is 1. The highest BCUT2D eigenvalue weighted by Crippen LogP contribution is 2.41. The lowest BCUT2D eigenvalue weighted by Gasteiger charge is -2.38. The SMILES string of the molecule is COC(=O)c1nc([C@@H]2C[C@@H](O[Si](C)(C)C(C)(C)C)CN2C(=O)OC(C)(C)C)[nH]c1I. The van der Waals surface area contributed by atoms with E-state index in [1.807, 2.05) is 43.4 Å². The highest BCUT2D eigenvalue weighted by atomic mass is 127. The fraction of sp³-hybridized carbons (Fsp3) is 0.750. The summed E-state index contributed by atoms with van der Waals surface area (Å²) in [5, 5.41) is 0.0555. The Morgan fingerprint density at radius 2 is 1.80 bits per heavy atom. The third-order valence-corrected chi connectivity index (χ3v) is 10.8. The lowest BCUT2D eigenvalue weighted by molar-refractivity contribution is 0.0203. The summed E-state index contributed by atoms with van der Waals surface area (Å²) in [5.41, 5.74) is -0.402. The Labute approximate surface area is 193 Å². The number of rotatable bonds is 4. The standard InChI is InChI=1S/C20H34IN3O5Si/c1-19(2,3)28-18(26)24-11-12(29-30(8,9)20(4,5)6)10-13(24)16-22-14(15(21)23-16)17(25)27-7/h12-13H,10-11H2,1-9H3,(H,22,23)/t12-,13+/m1/s1. The maximum Gasteiger partial charge on any atom is 0.411 e. The van der Waals surface area contributed by atoms with Crippen molar-refractivity contribution in [3.8, 4) is 0 Å². The minimum absolute atomic E-state index is 0.0555. The molecule has 0 unspecified atom stereocenters. The van der Waals surface area contributed by atoms with Gasteiger partial charge in [-0.15, -0.1) is 0 Å². The molecule has 170 valence electrons. The number of hydrogen-bond acceptors (Lipinski definition) is 6. The predicted molar refractivity (Wildman–Crippen MR) is 125 cm³/mol. The molecule has 1 fully saturated rings. The van der Waals surface area contributed by atoms with Crippen molar-refractivity contribution >= 4 is 43.0 Å². The van der Waals surface area contributed by atoms with Crippen molar-refractivity contribution in [2.75, 3.05) is 13.7 Å². The van der Waals surface area contributed by atoms with Crippen molar-refractivity contribution < 1.29 is 23.5 Å². The number of aromatic amines is 1. The highest BCUT2D eigenvalue weighted by molar-refractivity contribution is 14.1. The Hall–Kier alpha value is -1.14. The van der Waals surface area contributed by atoms with Crippen LogP contribution in [-0.2, 0) is 13.9 Å². The molecule has 0 aromatic carbocycles. The molecule has 1 aromatic rings. The average molecular weight is 551 g/mol. The zero-order valence-corrected chi connectivity index (χ0v) is 22.5. The minimum atomic E-state index is -2.03. The molecule has 2 atom stereocenters. The fourth-order valence-corrected chi connectivity index (χ4v) is 4.99. The minimum Gasteiger partial charge on any atom is -0.464 e. The van der Waals surface area contributed by atoms with E-state index in [-0.39, 0.29) is 22.9 Å². The Morgan fingerprint density at radius 1 is 1.20 bits per heavy atom. The molecule has 0 saturated carbocycles. The average Bonchev–Trinajstić information content (AvgIpc) is 3.14. The van der Waals surface area contributed by atoms with Gasteiger partial charge in [0.05, 0.1) is 19.3 Å². The maximum absolute atomic E-state index is 13.0. The van der Waals surface area contributed by atoms with Crippen LogP contribution in [0.15, 0.2) is 0 Å². The zero-order chi connectivity index (χ0) is 23.1. The highest BCUT2D eigenvalue weighted by Gasteiger charge is 2.46. The van der Waals surface area contributed by atoms with E-state index in [0.29, 0.717) is 22.5 Å². The summed E-state index contributed by atoms with van der Waals surface area (Å²) in [5.74, 6) is 0.0183. The Balaban J connectivity index is 2.34. The number of imidazole rings is 1. The molecular weight excluding hydrogens is 517 g/mol. The molecule has 1 aromatic heterocycles. The Morgan fingerprint density at radius 3 is 2.30 bits per heavy atom. The van der Waals surface area contributed by atoms with Crippen LogP contribution >= 0.6 is 22.6 Å². The summed E-state index contributed by atoms with van der Waals surface area (Å²) in [4.78, 5) is 34.2. The molecule has 30 heavy (non-hydrogen) atoms. The first kappa shape index (κ1) is 25.1. The summed E-state index contributed by atoms with van der Waals surface area (Å²) in [6, 6.07) is -0.374. The van der Waals surface area contributed by atoms with Crippen molar-refractivity contribution in [3.63, 3.8) is 0 Å². The van der Waals surface area contributed by atoms with Crippen molar-refractivity contribution in [1.82, 2.24) is 14.9 Å². The smallest absolute Gasteiger partial charge is 0.411 e. The van der Waals surface area contributed by atoms with Crippen LogP contribution in [0.2, 0.25) is 18.1 Å². The first-order valence-electron chi connectivity index (χ1n) is 10.1. The van der Waals surface area contributed by atoms with Crippen molar-refractivity contribution in [1.29, 1.82) is 0 Å². The number of H-pyrrole nitrogens is 1. The number of halogens is 1. The summed E-state index contributed by atoms with van der Waals surface area (Å²) < 4.78 is 17.6. The van der Waals surface area contributed by atoms with E-state index in [2.05, 4.69) is 43.8 Å². The van der Waals surface area contributed by atoms with E-state index in [1.54, 1.807) is 4.90 Å². The van der Waals surface area contributed by atoms with Gasteiger partial charge in [-0.25, -0.2) is 14.6 Å². The van der Waals surface area contributed by atoms with Gasteiger partial charge in [0.15, 0.2) is 14.0 Å². The molecule has 1 saturated heterocycles. The number of carbonyl (C=O) groups is 2. The topological polar surface area (TPSA) is 93.8 Å². The van der Waals surface area contributed by atoms with Crippen LogP contribution in [0, 0.1) is 3.70 Å². The normalized spacial score (nSPS) is 20.4. The van der Waals surface area contributed by atoms with Crippen molar-refractivity contribution in [2.24, 2.45) is 0 Å². The lowest BCUT2D eigenvalue weighted by atomic mass is 10.2. The molecular formula is C20H34IN3O5Si. The van der Waals surface area contributed by atoms with Crippen molar-refractivity contribution in [3.05, 3.63) is 15.2 Å². The number of nitrogens with zero attached hydrogens (tertiary/aromatic N) is 2. The zero-order valence-electron chi connectivity index (χ0n) is 19.4. The molecule has 0 aliphatic carbocycles. The molecule has 0 radical (unpaired) electrons. The molecule has 8 nitrogen and oxygen atoms in total. The predicted octanol–water partition coefficient (Wildman–Crippen LogP) is 4.87. The molecule has 2 rings (SSSR count). The lowest BCUT2D eigenvalue weighted by Crippen LogP contribution is -2.45. The first-order valence-corrected chi connectivity index (χ1v) is 14.1. The summed E-state index contributed by atoms with van der Waals surface area (Å²) in [6.45, 7) is 16.9. The van der Waals surface area contributed by atoms with E-state index in [4.69, 9.17) is 13.9 Å². The van der Waals surface area contributed by atoms with Gasteiger partial charge in [-0.05, 0) is 61.5 Å². The third kappa shape index (κ3) is 5.76. The van der Waals surface area contributed by atoms with Gasteiger partial charge in [0.1, 0.15) is 15.1 Å². The number of amides is 1. The number of methoxy groups -OCH3 is 1. The van der Waals surface area contributed by atoms with Gasteiger partial charge < -0.3 is 18.9 Å². The van der Waals surface area contributed by atoms with Gasteiger partial charge in [0.2, 0.25) is 0 Å². The van der Waals surface area contributed by atoms with Gasteiger partial charge in [0.25, 0.3) is 0 Å². The monoisotopic (exact) mass is 551 g/mol. The van der Waals surface area contributed by atoms with E-state index >= 15 is 0 Å². The largest absolute Gasteiger partial charge is 0.464 e. The Bertz CT molecular complexity index is 797. The molecule has 1 aliphatic heterocycles. The fourth-order valence-electron chi connectivity index (χ4n) is 3.02. The molecule has 0 spiro atoms. The number of likely N-dealkylation sites (tertiary alicyclic amines) is 1.